The van der Waals surface area contributed by atoms with E-state index in [0.29, 0.717) is 36.7 Å². The van der Waals surface area contributed by atoms with Gasteiger partial charge in [0, 0.05) is 50.4 Å². The molecule has 190 valence electrons. The maximum absolute atomic E-state index is 12.5. The summed E-state index contributed by atoms with van der Waals surface area (Å²) >= 11 is 0. The van der Waals surface area contributed by atoms with Crippen LogP contribution in [0.5, 0.6) is 17.4 Å². The van der Waals surface area contributed by atoms with E-state index in [0.717, 1.165) is 50.5 Å². The highest BCUT2D eigenvalue weighted by molar-refractivity contribution is 5.95. The first kappa shape index (κ1) is 23.8. The number of carbonyl (C=O) groups excluding carboxylic acids is 1. The summed E-state index contributed by atoms with van der Waals surface area (Å²) in [5, 5.41) is 4.17. The van der Waals surface area contributed by atoms with Crippen molar-refractivity contribution in [3.8, 4) is 17.4 Å². The number of methoxy groups -OCH3 is 1. The van der Waals surface area contributed by atoms with Gasteiger partial charge in [0.15, 0.2) is 11.5 Å². The van der Waals surface area contributed by atoms with Gasteiger partial charge in [-0.15, -0.1) is 4.99 Å². The number of nitrogens with one attached hydrogen (secondary N) is 1. The van der Waals surface area contributed by atoms with Gasteiger partial charge in [-0.05, 0) is 18.6 Å². The summed E-state index contributed by atoms with van der Waals surface area (Å²) in [4.78, 5) is 31.2. The molecule has 1 amide bonds. The van der Waals surface area contributed by atoms with Crippen LogP contribution in [0.25, 0.3) is 10.9 Å². The molecule has 4 heterocycles. The van der Waals surface area contributed by atoms with Crippen molar-refractivity contribution in [2.75, 3.05) is 64.2 Å². The fourth-order valence-corrected chi connectivity index (χ4v) is 4.25. The zero-order chi connectivity index (χ0) is 24.9. The molecule has 1 fully saturated rings. The van der Waals surface area contributed by atoms with Gasteiger partial charge in [-0.25, -0.2) is 14.8 Å². The molecule has 0 aliphatic carbocycles. The van der Waals surface area contributed by atoms with E-state index in [9.17, 15) is 4.79 Å². The van der Waals surface area contributed by atoms with E-state index in [1.165, 1.54) is 12.3 Å². The molecule has 1 saturated heterocycles. The third kappa shape index (κ3) is 5.16. The number of hydrogen-bond acceptors (Lipinski definition) is 11. The predicted molar refractivity (Wildman–Crippen MR) is 130 cm³/mol. The van der Waals surface area contributed by atoms with Crippen LogP contribution >= 0.6 is 0 Å². The zero-order valence-electron chi connectivity index (χ0n) is 20.0. The van der Waals surface area contributed by atoms with Crippen molar-refractivity contribution in [2.45, 2.75) is 13.0 Å². The standard InChI is InChI=1S/C23H28N8O5/c1-33-19-16(35-12-2-8-30-10-13-34-14-11-30)4-3-15-18(19)28-22(31-9-7-25-20(15)31)29-23(32)36-17-5-6-26-21(24)27-17/h3-6,25H,2,7-14H2,1H3,(H2,24,26,27). The van der Waals surface area contributed by atoms with Gasteiger partial charge in [0.05, 0.1) is 26.9 Å². The van der Waals surface area contributed by atoms with Gasteiger partial charge in [0.25, 0.3) is 0 Å². The van der Waals surface area contributed by atoms with Crippen LogP contribution in [-0.2, 0) is 11.3 Å². The molecule has 1 aromatic carbocycles. The van der Waals surface area contributed by atoms with Gasteiger partial charge < -0.3 is 30.0 Å². The number of morpholine rings is 1. The van der Waals surface area contributed by atoms with Crippen LogP contribution in [-0.4, -0.2) is 83.6 Å². The molecule has 36 heavy (non-hydrogen) atoms. The number of fused-ring (bicyclic) bond motifs is 3. The first-order valence-electron chi connectivity index (χ1n) is 11.8. The normalized spacial score (nSPS) is 16.0. The second-order valence-corrected chi connectivity index (χ2v) is 8.22. The number of benzene rings is 1. The molecule has 0 atom stereocenters. The number of aromatic nitrogens is 4. The minimum atomic E-state index is -0.879. The Morgan fingerprint density at radius 2 is 2.08 bits per heavy atom. The maximum Gasteiger partial charge on any atom is 0.443 e. The first-order valence-corrected chi connectivity index (χ1v) is 11.8. The van der Waals surface area contributed by atoms with Crippen molar-refractivity contribution in [3.05, 3.63) is 30.0 Å². The number of rotatable bonds is 7. The first-order chi connectivity index (χ1) is 17.6. The molecule has 0 radical (unpaired) electrons. The van der Waals surface area contributed by atoms with Crippen LogP contribution in [0.4, 0.5) is 16.6 Å². The highest BCUT2D eigenvalue weighted by atomic mass is 16.6. The molecule has 0 bridgehead atoms. The van der Waals surface area contributed by atoms with Crippen LogP contribution in [0.1, 0.15) is 6.42 Å². The Balaban J connectivity index is 1.40. The Kier molecular flexibility index (Phi) is 7.09. The van der Waals surface area contributed by atoms with E-state index in [1.807, 2.05) is 16.7 Å². The molecule has 2 aliphatic rings. The lowest BCUT2D eigenvalue weighted by Gasteiger charge is -2.26. The minimum absolute atomic E-state index is 0.00200. The number of ether oxygens (including phenoxy) is 4. The van der Waals surface area contributed by atoms with Crippen molar-refractivity contribution >= 4 is 28.8 Å². The summed E-state index contributed by atoms with van der Waals surface area (Å²) in [5.74, 6) is 1.83. The highest BCUT2D eigenvalue weighted by Crippen LogP contribution is 2.37. The van der Waals surface area contributed by atoms with E-state index in [1.54, 1.807) is 7.11 Å². The fraction of sp³-hybridized carbons (Fsp3) is 0.435. The number of nitrogen functional groups attached to an aromatic ring is 1. The number of amides is 1. The zero-order valence-corrected chi connectivity index (χ0v) is 20.0. The molecule has 2 aliphatic heterocycles. The van der Waals surface area contributed by atoms with Crippen molar-refractivity contribution in [1.29, 1.82) is 0 Å². The average molecular weight is 497 g/mol. The quantitative estimate of drug-likeness (QED) is 0.452. The molecular formula is C23H28N8O5. The topological polar surface area (TPSA) is 151 Å². The summed E-state index contributed by atoms with van der Waals surface area (Å²) < 4.78 is 24.2. The van der Waals surface area contributed by atoms with Crippen LogP contribution in [0.3, 0.4) is 0 Å². The maximum atomic E-state index is 12.5. The van der Waals surface area contributed by atoms with Gasteiger partial charge in [-0.1, -0.05) is 0 Å². The van der Waals surface area contributed by atoms with Crippen LogP contribution in [0.2, 0.25) is 0 Å². The average Bonchev–Trinajstić information content (AvgIpc) is 3.38. The number of nitrogens with two attached hydrogens (primary N) is 1. The summed E-state index contributed by atoms with van der Waals surface area (Å²) in [6.07, 6.45) is 1.38. The fourth-order valence-electron chi connectivity index (χ4n) is 4.25. The lowest BCUT2D eigenvalue weighted by atomic mass is 10.2. The van der Waals surface area contributed by atoms with Gasteiger partial charge in [0.2, 0.25) is 17.4 Å². The van der Waals surface area contributed by atoms with Gasteiger partial charge in [-0.3, -0.25) is 9.47 Å². The Labute approximate surface area is 206 Å². The van der Waals surface area contributed by atoms with Crippen molar-refractivity contribution < 1.29 is 23.7 Å². The smallest absolute Gasteiger partial charge is 0.443 e. The van der Waals surface area contributed by atoms with E-state index < -0.39 is 6.09 Å². The molecular weight excluding hydrogens is 468 g/mol. The Morgan fingerprint density at radius 1 is 1.22 bits per heavy atom. The Hall–Kier alpha value is -3.97. The SMILES string of the molecule is COc1c(OCCCN2CCOCC2)ccc2c3n(c(=NC(=O)Oc4ccnc(N)n4)nc12)CCN3. The molecule has 2 aromatic heterocycles. The van der Waals surface area contributed by atoms with E-state index in [4.69, 9.17) is 24.7 Å². The molecule has 0 unspecified atom stereocenters. The summed E-state index contributed by atoms with van der Waals surface area (Å²) in [6, 6.07) is 5.23. The molecule has 5 rings (SSSR count). The van der Waals surface area contributed by atoms with Crippen molar-refractivity contribution in [1.82, 2.24) is 24.4 Å². The van der Waals surface area contributed by atoms with Crippen LogP contribution in [0, 0.1) is 0 Å². The summed E-state index contributed by atoms with van der Waals surface area (Å²) in [5.41, 5.74) is 6.26. The Bertz CT molecular complexity index is 1320. The molecule has 3 N–H and O–H groups in total. The second kappa shape index (κ2) is 10.7. The highest BCUT2D eigenvalue weighted by Gasteiger charge is 2.21. The predicted octanol–water partition coefficient (Wildman–Crippen LogP) is 1.04. The lowest BCUT2D eigenvalue weighted by molar-refractivity contribution is 0.0357. The summed E-state index contributed by atoms with van der Waals surface area (Å²) in [6.45, 7) is 6.16. The van der Waals surface area contributed by atoms with Gasteiger partial charge >= 0.3 is 6.09 Å². The van der Waals surface area contributed by atoms with Crippen LogP contribution in [0.15, 0.2) is 29.4 Å². The molecule has 0 spiro atoms. The third-order valence-electron chi connectivity index (χ3n) is 5.92. The molecule has 13 heteroatoms. The number of carbonyl (C=O) groups is 1. The second-order valence-electron chi connectivity index (χ2n) is 8.22. The van der Waals surface area contributed by atoms with Crippen LogP contribution < -0.4 is 30.9 Å². The van der Waals surface area contributed by atoms with E-state index >= 15 is 0 Å². The largest absolute Gasteiger partial charge is 0.491 e. The van der Waals surface area contributed by atoms with Crippen molar-refractivity contribution in [2.24, 2.45) is 4.99 Å². The minimum Gasteiger partial charge on any atom is -0.491 e. The van der Waals surface area contributed by atoms with Crippen molar-refractivity contribution in [3.63, 3.8) is 0 Å². The molecule has 3 aromatic rings. The Morgan fingerprint density at radius 3 is 2.89 bits per heavy atom. The van der Waals surface area contributed by atoms with E-state index in [-0.39, 0.29) is 17.4 Å². The summed E-state index contributed by atoms with van der Waals surface area (Å²) in [7, 11) is 1.56. The third-order valence-corrected chi connectivity index (χ3v) is 5.92. The number of hydrogen-bond donors (Lipinski definition) is 2. The lowest BCUT2D eigenvalue weighted by Crippen LogP contribution is -2.37. The number of anilines is 2. The van der Waals surface area contributed by atoms with Gasteiger partial charge in [0.1, 0.15) is 11.3 Å². The molecule has 13 nitrogen and oxygen atoms in total. The monoisotopic (exact) mass is 496 g/mol. The number of nitrogens with zero attached hydrogens (tertiary/aromatic N) is 6. The van der Waals surface area contributed by atoms with E-state index in [2.05, 4.69) is 30.2 Å². The molecule has 0 saturated carbocycles. The van der Waals surface area contributed by atoms with Gasteiger partial charge in [-0.2, -0.15) is 4.98 Å².